The summed E-state index contributed by atoms with van der Waals surface area (Å²) in [6, 6.07) is 12.5. The average Bonchev–Trinajstić information content (AvgIpc) is 3.23. The van der Waals surface area contributed by atoms with E-state index in [9.17, 15) is 13.2 Å². The van der Waals surface area contributed by atoms with Crippen LogP contribution in [0.1, 0.15) is 29.8 Å². The fraction of sp³-hybridized carbons (Fsp3) is 0.333. The van der Waals surface area contributed by atoms with Gasteiger partial charge in [-0.15, -0.1) is 0 Å². The summed E-state index contributed by atoms with van der Waals surface area (Å²) < 4.78 is 29.4. The molecule has 0 unspecified atom stereocenters. The number of nitrogens with zero attached hydrogens (tertiary/aromatic N) is 4. The van der Waals surface area contributed by atoms with Gasteiger partial charge in [-0.2, -0.15) is 15.0 Å². The van der Waals surface area contributed by atoms with Gasteiger partial charge in [0, 0.05) is 37.5 Å². The molecule has 2 heterocycles. The molecule has 2 aromatic carbocycles. The average molecular weight is 497 g/mol. The third kappa shape index (κ3) is 6.44. The summed E-state index contributed by atoms with van der Waals surface area (Å²) in [6.07, 6.45) is 3.17. The molecule has 3 N–H and O–H groups in total. The molecule has 10 nitrogen and oxygen atoms in total. The van der Waals surface area contributed by atoms with Crippen LogP contribution in [0.2, 0.25) is 0 Å². The molecular weight excluding hydrogens is 468 g/mol. The van der Waals surface area contributed by atoms with Crippen molar-refractivity contribution in [2.75, 3.05) is 35.3 Å². The van der Waals surface area contributed by atoms with Crippen molar-refractivity contribution < 1.29 is 17.9 Å². The Morgan fingerprint density at radius 2 is 1.97 bits per heavy atom. The Labute approximate surface area is 204 Å². The number of benzene rings is 2. The third-order valence-electron chi connectivity index (χ3n) is 5.51. The van der Waals surface area contributed by atoms with Gasteiger partial charge in [-0.25, -0.2) is 8.42 Å². The standard InChI is InChI=1S/C24H28N6O4S/c1-16-11-18(30-10-4-7-22(30)31)14-19(12-16)34-15-21-27-23(25)29-24(28-21)26-9-8-17-5-3-6-20(13-17)35(2,32)33/h3,5-6,11-14H,4,7-10,15H2,1-2H3,(H3,25,26,27,28,29). The molecule has 1 amide bonds. The Morgan fingerprint density at radius 1 is 1.14 bits per heavy atom. The van der Waals surface area contributed by atoms with E-state index in [-0.39, 0.29) is 23.4 Å². The van der Waals surface area contributed by atoms with Crippen molar-refractivity contribution in [3.8, 4) is 5.75 Å². The van der Waals surface area contributed by atoms with Crippen LogP contribution in [0.4, 0.5) is 17.6 Å². The second kappa shape index (κ2) is 10.3. The van der Waals surface area contributed by atoms with Crippen molar-refractivity contribution >= 4 is 33.3 Å². The molecule has 1 aliphatic heterocycles. The van der Waals surface area contributed by atoms with Crippen LogP contribution >= 0.6 is 0 Å². The maximum Gasteiger partial charge on any atom is 0.227 e. The van der Waals surface area contributed by atoms with Crippen LogP contribution in [-0.4, -0.2) is 48.6 Å². The summed E-state index contributed by atoms with van der Waals surface area (Å²) in [7, 11) is -3.26. The number of anilines is 3. The lowest BCUT2D eigenvalue weighted by Crippen LogP contribution is -2.23. The normalized spacial score (nSPS) is 13.8. The van der Waals surface area contributed by atoms with Gasteiger partial charge in [-0.1, -0.05) is 12.1 Å². The number of ether oxygens (including phenoxy) is 1. The molecule has 0 saturated carbocycles. The molecule has 0 radical (unpaired) electrons. The van der Waals surface area contributed by atoms with Gasteiger partial charge in [-0.3, -0.25) is 4.79 Å². The molecule has 1 saturated heterocycles. The zero-order valence-corrected chi connectivity index (χ0v) is 20.5. The van der Waals surface area contributed by atoms with Crippen molar-refractivity contribution in [3.63, 3.8) is 0 Å². The topological polar surface area (TPSA) is 140 Å². The van der Waals surface area contributed by atoms with Crippen LogP contribution in [0.5, 0.6) is 5.75 Å². The first kappa shape index (κ1) is 24.4. The molecule has 0 aliphatic carbocycles. The molecule has 1 fully saturated rings. The van der Waals surface area contributed by atoms with Gasteiger partial charge in [0.25, 0.3) is 0 Å². The highest BCUT2D eigenvalue weighted by Gasteiger charge is 2.22. The van der Waals surface area contributed by atoms with Crippen LogP contribution in [0.3, 0.4) is 0 Å². The molecule has 0 atom stereocenters. The number of nitrogen functional groups attached to an aromatic ring is 1. The van der Waals surface area contributed by atoms with Crippen LogP contribution in [0.15, 0.2) is 47.4 Å². The second-order valence-electron chi connectivity index (χ2n) is 8.47. The molecule has 1 aromatic heterocycles. The Hall–Kier alpha value is -3.73. The lowest BCUT2D eigenvalue weighted by atomic mass is 10.1. The number of nitrogens with one attached hydrogen (secondary N) is 1. The lowest BCUT2D eigenvalue weighted by molar-refractivity contribution is -0.117. The predicted molar refractivity (Wildman–Crippen MR) is 133 cm³/mol. The van der Waals surface area contributed by atoms with Crippen LogP contribution < -0.4 is 20.7 Å². The molecular formula is C24H28N6O4S. The molecule has 1 aliphatic rings. The third-order valence-corrected chi connectivity index (χ3v) is 6.62. The monoisotopic (exact) mass is 496 g/mol. The fourth-order valence-electron chi connectivity index (χ4n) is 3.87. The smallest absolute Gasteiger partial charge is 0.227 e. The van der Waals surface area contributed by atoms with Crippen molar-refractivity contribution in [3.05, 3.63) is 59.4 Å². The number of amides is 1. The first-order valence-electron chi connectivity index (χ1n) is 11.3. The van der Waals surface area contributed by atoms with E-state index in [1.54, 1.807) is 23.1 Å². The fourth-order valence-corrected chi connectivity index (χ4v) is 4.56. The largest absolute Gasteiger partial charge is 0.486 e. The van der Waals surface area contributed by atoms with Gasteiger partial charge in [0.2, 0.25) is 17.8 Å². The number of hydrogen-bond acceptors (Lipinski definition) is 9. The van der Waals surface area contributed by atoms with Crippen molar-refractivity contribution in [2.45, 2.75) is 37.7 Å². The number of nitrogens with two attached hydrogens (primary N) is 1. The van der Waals surface area contributed by atoms with E-state index >= 15 is 0 Å². The van der Waals surface area contributed by atoms with Gasteiger partial charge in [0.05, 0.1) is 4.90 Å². The van der Waals surface area contributed by atoms with E-state index in [1.165, 1.54) is 6.26 Å². The summed E-state index contributed by atoms with van der Waals surface area (Å²) in [4.78, 5) is 26.8. The molecule has 0 spiro atoms. The Bertz CT molecular complexity index is 1350. The van der Waals surface area contributed by atoms with Crippen LogP contribution in [-0.2, 0) is 27.7 Å². The summed E-state index contributed by atoms with van der Waals surface area (Å²) in [5.41, 5.74) is 8.53. The Morgan fingerprint density at radius 3 is 2.71 bits per heavy atom. The van der Waals surface area contributed by atoms with E-state index in [2.05, 4.69) is 20.3 Å². The summed E-state index contributed by atoms with van der Waals surface area (Å²) in [6.45, 7) is 3.21. The second-order valence-corrected chi connectivity index (χ2v) is 10.5. The molecule has 184 valence electrons. The zero-order valence-electron chi connectivity index (χ0n) is 19.7. The van der Waals surface area contributed by atoms with Crippen molar-refractivity contribution in [2.24, 2.45) is 0 Å². The summed E-state index contributed by atoms with van der Waals surface area (Å²) >= 11 is 0. The van der Waals surface area contributed by atoms with Gasteiger partial charge < -0.3 is 20.7 Å². The SMILES string of the molecule is Cc1cc(OCc2nc(N)nc(NCCc3cccc(S(C)(=O)=O)c3)n2)cc(N2CCCC2=O)c1. The first-order chi connectivity index (χ1) is 16.7. The van der Waals surface area contributed by atoms with Crippen molar-refractivity contribution in [1.82, 2.24) is 15.0 Å². The maximum atomic E-state index is 12.1. The van der Waals surface area contributed by atoms with Gasteiger partial charge in [-0.05, 0) is 55.2 Å². The van der Waals surface area contributed by atoms with Crippen molar-refractivity contribution in [1.29, 1.82) is 0 Å². The van der Waals surface area contributed by atoms with E-state index in [0.29, 0.717) is 43.5 Å². The van der Waals surface area contributed by atoms with E-state index < -0.39 is 9.84 Å². The first-order valence-corrected chi connectivity index (χ1v) is 13.1. The lowest BCUT2D eigenvalue weighted by Gasteiger charge is -2.18. The number of sulfone groups is 1. The molecule has 4 rings (SSSR count). The number of hydrogen-bond donors (Lipinski definition) is 2. The minimum atomic E-state index is -3.26. The predicted octanol–water partition coefficient (Wildman–Crippen LogP) is 2.53. The Balaban J connectivity index is 1.38. The molecule has 35 heavy (non-hydrogen) atoms. The number of aromatic nitrogens is 3. The molecule has 11 heteroatoms. The maximum absolute atomic E-state index is 12.1. The zero-order chi connectivity index (χ0) is 25.0. The highest BCUT2D eigenvalue weighted by atomic mass is 32.2. The number of aryl methyl sites for hydroxylation is 1. The minimum absolute atomic E-state index is 0.0627. The highest BCUT2D eigenvalue weighted by molar-refractivity contribution is 7.90. The van der Waals surface area contributed by atoms with Crippen LogP contribution in [0, 0.1) is 6.92 Å². The van der Waals surface area contributed by atoms with Gasteiger partial charge in [0.1, 0.15) is 12.4 Å². The van der Waals surface area contributed by atoms with Crippen LogP contribution in [0.25, 0.3) is 0 Å². The van der Waals surface area contributed by atoms with Gasteiger partial charge in [0.15, 0.2) is 15.7 Å². The summed E-state index contributed by atoms with van der Waals surface area (Å²) in [5.74, 6) is 1.46. The number of carbonyl (C=O) groups excluding carboxylic acids is 1. The Kier molecular flexibility index (Phi) is 7.15. The minimum Gasteiger partial charge on any atom is -0.486 e. The molecule has 0 bridgehead atoms. The quantitative estimate of drug-likeness (QED) is 0.457. The number of rotatable bonds is 9. The van der Waals surface area contributed by atoms with Gasteiger partial charge >= 0.3 is 0 Å². The molecule has 3 aromatic rings. The highest BCUT2D eigenvalue weighted by Crippen LogP contribution is 2.27. The number of carbonyl (C=O) groups is 1. The van der Waals surface area contributed by atoms with E-state index in [0.717, 1.165) is 23.2 Å². The van der Waals surface area contributed by atoms with E-state index in [4.69, 9.17) is 10.5 Å². The van der Waals surface area contributed by atoms with E-state index in [1.807, 2.05) is 31.2 Å². The summed E-state index contributed by atoms with van der Waals surface area (Å²) in [5, 5.41) is 3.10.